The van der Waals surface area contributed by atoms with Crippen molar-refractivity contribution in [2.75, 3.05) is 13.7 Å². The number of nitrogens with one attached hydrogen (secondary N) is 1. The van der Waals surface area contributed by atoms with E-state index in [9.17, 15) is 5.11 Å². The fourth-order valence-electron chi connectivity index (χ4n) is 2.94. The molecule has 0 spiro atoms. The van der Waals surface area contributed by atoms with Gasteiger partial charge in [-0.3, -0.25) is 0 Å². The Bertz CT molecular complexity index is 419. The molecule has 3 atom stereocenters. The highest BCUT2D eigenvalue weighted by Gasteiger charge is 2.24. The summed E-state index contributed by atoms with van der Waals surface area (Å²) >= 11 is 0. The van der Waals surface area contributed by atoms with Crippen molar-refractivity contribution in [3.63, 3.8) is 0 Å². The maximum atomic E-state index is 10.4. The molecular weight excluding hydrogens is 238 g/mol. The number of benzene rings is 1. The number of aliphatic hydroxyl groups excluding tert-OH is 1. The molecule has 1 fully saturated rings. The molecule has 1 aliphatic rings. The van der Waals surface area contributed by atoms with Gasteiger partial charge in [0.25, 0.3) is 0 Å². The van der Waals surface area contributed by atoms with E-state index in [0.29, 0.717) is 18.5 Å². The van der Waals surface area contributed by atoms with Crippen molar-refractivity contribution in [3.05, 3.63) is 29.3 Å². The Morgan fingerprint density at radius 1 is 1.42 bits per heavy atom. The van der Waals surface area contributed by atoms with Crippen molar-refractivity contribution >= 4 is 0 Å². The summed E-state index contributed by atoms with van der Waals surface area (Å²) in [5.41, 5.74) is 2.02. The molecule has 3 heteroatoms. The van der Waals surface area contributed by atoms with E-state index in [1.165, 1.54) is 19.3 Å². The monoisotopic (exact) mass is 263 g/mol. The molecule has 1 aromatic carbocycles. The summed E-state index contributed by atoms with van der Waals surface area (Å²) in [5.74, 6) is 1.48. The van der Waals surface area contributed by atoms with Crippen molar-refractivity contribution in [2.24, 2.45) is 5.92 Å². The number of hydrogen-bond donors (Lipinski definition) is 2. The van der Waals surface area contributed by atoms with Crippen LogP contribution in [0, 0.1) is 12.8 Å². The average molecular weight is 263 g/mol. The van der Waals surface area contributed by atoms with Gasteiger partial charge in [-0.05, 0) is 37.8 Å². The predicted molar refractivity (Wildman–Crippen MR) is 77.5 cm³/mol. The molecule has 0 saturated heterocycles. The molecule has 0 amide bonds. The van der Waals surface area contributed by atoms with Crippen molar-refractivity contribution in [3.8, 4) is 5.75 Å². The van der Waals surface area contributed by atoms with Crippen molar-refractivity contribution in [1.29, 1.82) is 0 Å². The summed E-state index contributed by atoms with van der Waals surface area (Å²) in [6.07, 6.45) is 3.30. The van der Waals surface area contributed by atoms with E-state index in [4.69, 9.17) is 4.74 Å². The molecule has 106 valence electrons. The largest absolute Gasteiger partial charge is 0.496 e. The highest BCUT2D eigenvalue weighted by atomic mass is 16.5. The van der Waals surface area contributed by atoms with Crippen LogP contribution in [0.3, 0.4) is 0 Å². The van der Waals surface area contributed by atoms with Gasteiger partial charge < -0.3 is 15.2 Å². The van der Waals surface area contributed by atoms with Crippen LogP contribution in [0.2, 0.25) is 0 Å². The van der Waals surface area contributed by atoms with Crippen LogP contribution < -0.4 is 10.1 Å². The molecule has 1 aliphatic carbocycles. The van der Waals surface area contributed by atoms with Gasteiger partial charge in [-0.1, -0.05) is 25.0 Å². The van der Waals surface area contributed by atoms with Crippen LogP contribution in [0.25, 0.3) is 0 Å². The molecule has 2 N–H and O–H groups in total. The van der Waals surface area contributed by atoms with Crippen LogP contribution in [0.1, 0.15) is 43.4 Å². The third-order valence-corrected chi connectivity index (χ3v) is 4.18. The highest BCUT2D eigenvalue weighted by molar-refractivity contribution is 5.38. The Balaban J connectivity index is 1.99. The van der Waals surface area contributed by atoms with Crippen molar-refractivity contribution in [1.82, 2.24) is 5.32 Å². The van der Waals surface area contributed by atoms with E-state index in [0.717, 1.165) is 16.9 Å². The molecule has 0 bridgehead atoms. The van der Waals surface area contributed by atoms with Crippen LogP contribution in [-0.2, 0) is 0 Å². The summed E-state index contributed by atoms with van der Waals surface area (Å²) in [6.45, 7) is 4.90. The number of methoxy groups -OCH3 is 1. The maximum absolute atomic E-state index is 10.4. The fraction of sp³-hybridized carbons (Fsp3) is 0.625. The zero-order valence-corrected chi connectivity index (χ0v) is 12.1. The zero-order valence-electron chi connectivity index (χ0n) is 12.1. The lowest BCUT2D eigenvalue weighted by atomic mass is 10.0. The topological polar surface area (TPSA) is 41.5 Å². The minimum atomic E-state index is -0.511. The summed E-state index contributed by atoms with van der Waals surface area (Å²) < 4.78 is 5.33. The van der Waals surface area contributed by atoms with Crippen LogP contribution in [0.5, 0.6) is 5.75 Å². The first-order chi connectivity index (χ1) is 9.11. The minimum Gasteiger partial charge on any atom is -0.496 e. The second-order valence-electron chi connectivity index (χ2n) is 5.68. The fourth-order valence-corrected chi connectivity index (χ4v) is 2.94. The quantitative estimate of drug-likeness (QED) is 0.858. The highest BCUT2D eigenvalue weighted by Crippen LogP contribution is 2.28. The van der Waals surface area contributed by atoms with Crippen LogP contribution >= 0.6 is 0 Å². The molecule has 3 unspecified atom stereocenters. The van der Waals surface area contributed by atoms with Crippen molar-refractivity contribution < 1.29 is 9.84 Å². The smallest absolute Gasteiger partial charge is 0.124 e. The van der Waals surface area contributed by atoms with Gasteiger partial charge in [-0.15, -0.1) is 0 Å². The van der Waals surface area contributed by atoms with Gasteiger partial charge in [0, 0.05) is 18.2 Å². The van der Waals surface area contributed by atoms with E-state index in [1.54, 1.807) is 7.11 Å². The Morgan fingerprint density at radius 2 is 2.21 bits per heavy atom. The van der Waals surface area contributed by atoms with Gasteiger partial charge in [0.05, 0.1) is 13.2 Å². The number of aliphatic hydroxyl groups is 1. The summed E-state index contributed by atoms with van der Waals surface area (Å²) in [4.78, 5) is 0. The van der Waals surface area contributed by atoms with Crippen LogP contribution in [-0.4, -0.2) is 24.8 Å². The number of ether oxygens (including phenoxy) is 1. The second kappa shape index (κ2) is 6.40. The maximum Gasteiger partial charge on any atom is 0.124 e. The first-order valence-corrected chi connectivity index (χ1v) is 7.17. The average Bonchev–Trinajstić information content (AvgIpc) is 2.81. The third kappa shape index (κ3) is 3.48. The normalized spacial score (nSPS) is 24.4. The molecular formula is C16H25NO2. The molecule has 2 rings (SSSR count). The first kappa shape index (κ1) is 14.4. The van der Waals surface area contributed by atoms with Gasteiger partial charge in [0.2, 0.25) is 0 Å². The predicted octanol–water partition coefficient (Wildman–Crippen LogP) is 2.82. The summed E-state index contributed by atoms with van der Waals surface area (Å²) in [5, 5.41) is 13.9. The Morgan fingerprint density at radius 3 is 2.84 bits per heavy atom. The summed E-state index contributed by atoms with van der Waals surface area (Å²) in [6, 6.07) is 6.47. The SMILES string of the molecule is COc1ccc(C)cc1C(O)CNC1CCCC1C. The van der Waals surface area contributed by atoms with Crippen molar-refractivity contribution in [2.45, 2.75) is 45.3 Å². The zero-order chi connectivity index (χ0) is 13.8. The molecule has 3 nitrogen and oxygen atoms in total. The van der Waals surface area contributed by atoms with E-state index in [-0.39, 0.29) is 0 Å². The van der Waals surface area contributed by atoms with E-state index in [1.807, 2.05) is 25.1 Å². The molecule has 19 heavy (non-hydrogen) atoms. The number of hydrogen-bond acceptors (Lipinski definition) is 3. The Kier molecular flexibility index (Phi) is 4.83. The summed E-state index contributed by atoms with van der Waals surface area (Å²) in [7, 11) is 1.65. The lowest BCUT2D eigenvalue weighted by Gasteiger charge is -2.21. The van der Waals surface area contributed by atoms with Gasteiger partial charge >= 0.3 is 0 Å². The minimum absolute atomic E-state index is 0.511. The lowest BCUT2D eigenvalue weighted by molar-refractivity contribution is 0.163. The third-order valence-electron chi connectivity index (χ3n) is 4.18. The van der Waals surface area contributed by atoms with Gasteiger partial charge in [0.1, 0.15) is 5.75 Å². The second-order valence-corrected chi connectivity index (χ2v) is 5.68. The van der Waals surface area contributed by atoms with Gasteiger partial charge in [0.15, 0.2) is 0 Å². The molecule has 0 aromatic heterocycles. The standard InChI is InChI=1S/C16H25NO2/c1-11-7-8-16(19-3)13(9-11)15(18)10-17-14-6-4-5-12(14)2/h7-9,12,14-15,17-18H,4-6,10H2,1-3H3. The van der Waals surface area contributed by atoms with E-state index in [2.05, 4.69) is 12.2 Å². The van der Waals surface area contributed by atoms with Gasteiger partial charge in [-0.25, -0.2) is 0 Å². The Labute approximate surface area is 116 Å². The van der Waals surface area contributed by atoms with E-state index >= 15 is 0 Å². The molecule has 1 saturated carbocycles. The van der Waals surface area contributed by atoms with E-state index < -0.39 is 6.10 Å². The Hall–Kier alpha value is -1.06. The number of rotatable bonds is 5. The molecule has 1 aromatic rings. The molecule has 0 radical (unpaired) electrons. The molecule has 0 aliphatic heterocycles. The lowest BCUT2D eigenvalue weighted by Crippen LogP contribution is -2.34. The first-order valence-electron chi connectivity index (χ1n) is 7.17. The molecule has 0 heterocycles. The number of aryl methyl sites for hydroxylation is 1. The van der Waals surface area contributed by atoms with Crippen LogP contribution in [0.4, 0.5) is 0 Å². The van der Waals surface area contributed by atoms with Gasteiger partial charge in [-0.2, -0.15) is 0 Å². The van der Waals surface area contributed by atoms with Crippen LogP contribution in [0.15, 0.2) is 18.2 Å².